The predicted molar refractivity (Wildman–Crippen MR) is 82.0 cm³/mol. The second-order valence-electron chi connectivity index (χ2n) is 5.30. The molecule has 1 heterocycles. The van der Waals surface area contributed by atoms with Gasteiger partial charge >= 0.3 is 5.97 Å². The molecule has 122 valence electrons. The third-order valence-electron chi connectivity index (χ3n) is 3.76. The van der Waals surface area contributed by atoms with E-state index in [1.165, 1.54) is 0 Å². The van der Waals surface area contributed by atoms with Crippen molar-refractivity contribution in [3.8, 4) is 0 Å². The minimum absolute atomic E-state index is 0.0410. The molecule has 0 saturated carbocycles. The second kappa shape index (κ2) is 10.6. The molecule has 0 radical (unpaired) electrons. The van der Waals surface area contributed by atoms with Crippen LogP contribution in [0.15, 0.2) is 0 Å². The monoisotopic (exact) mass is 299 g/mol. The lowest BCUT2D eigenvalue weighted by atomic mass is 10.0. The number of nitrogens with zero attached hydrogens (tertiary/aromatic N) is 1. The molecule has 0 atom stereocenters. The van der Waals surface area contributed by atoms with Crippen molar-refractivity contribution in [3.05, 3.63) is 0 Å². The fraction of sp³-hybridized carbons (Fsp3) is 0.867. The predicted octanol–water partition coefficient (Wildman–Crippen LogP) is 0.520. The number of hydrogen-bond acceptors (Lipinski definition) is 5. The number of hydrogen-bond donors (Lipinski definition) is 2. The van der Waals surface area contributed by atoms with Crippen LogP contribution < -0.4 is 10.6 Å². The summed E-state index contributed by atoms with van der Waals surface area (Å²) in [7, 11) is 0. The number of ether oxygens (including phenoxy) is 1. The normalized spacial score (nSPS) is 16.0. The summed E-state index contributed by atoms with van der Waals surface area (Å²) < 4.78 is 4.84. The summed E-state index contributed by atoms with van der Waals surface area (Å²) in [5.41, 5.74) is 0. The molecule has 1 rings (SSSR count). The van der Waals surface area contributed by atoms with Gasteiger partial charge in [0.2, 0.25) is 5.91 Å². The minimum atomic E-state index is -0.198. The van der Waals surface area contributed by atoms with Crippen LogP contribution in [-0.2, 0) is 14.3 Å². The Morgan fingerprint density at radius 1 is 1.29 bits per heavy atom. The topological polar surface area (TPSA) is 70.7 Å². The van der Waals surface area contributed by atoms with E-state index in [1.807, 2.05) is 0 Å². The fourth-order valence-corrected chi connectivity index (χ4v) is 2.60. The standard InChI is InChI=1S/C15H29N3O3/c1-3-18(13-7-10-16-11-8-13)12-14(19)17-9-5-6-15(20)21-4-2/h13,16H,3-12H2,1-2H3,(H,17,19). The molecule has 1 fully saturated rings. The Labute approximate surface area is 127 Å². The first-order chi connectivity index (χ1) is 10.2. The third-order valence-corrected chi connectivity index (χ3v) is 3.76. The highest BCUT2D eigenvalue weighted by Gasteiger charge is 2.21. The molecule has 1 aliphatic heterocycles. The first kappa shape index (κ1) is 17.9. The smallest absolute Gasteiger partial charge is 0.305 e. The van der Waals surface area contributed by atoms with Crippen LogP contribution in [0.3, 0.4) is 0 Å². The molecule has 1 saturated heterocycles. The number of carbonyl (C=O) groups is 2. The lowest BCUT2D eigenvalue weighted by Crippen LogP contribution is -2.47. The highest BCUT2D eigenvalue weighted by atomic mass is 16.5. The summed E-state index contributed by atoms with van der Waals surface area (Å²) in [4.78, 5) is 25.3. The summed E-state index contributed by atoms with van der Waals surface area (Å²) in [5, 5.41) is 6.22. The van der Waals surface area contributed by atoms with Crippen molar-refractivity contribution >= 4 is 11.9 Å². The van der Waals surface area contributed by atoms with E-state index < -0.39 is 0 Å². The van der Waals surface area contributed by atoms with Crippen LogP contribution in [-0.4, -0.2) is 62.1 Å². The lowest BCUT2D eigenvalue weighted by molar-refractivity contribution is -0.143. The average molecular weight is 299 g/mol. The molecule has 6 heteroatoms. The summed E-state index contributed by atoms with van der Waals surface area (Å²) in [6, 6.07) is 0.501. The van der Waals surface area contributed by atoms with Crippen molar-refractivity contribution in [2.75, 3.05) is 39.3 Å². The van der Waals surface area contributed by atoms with Crippen molar-refractivity contribution in [1.82, 2.24) is 15.5 Å². The third kappa shape index (κ3) is 7.43. The lowest BCUT2D eigenvalue weighted by Gasteiger charge is -2.33. The summed E-state index contributed by atoms with van der Waals surface area (Å²) in [5.74, 6) is -0.157. The molecule has 2 N–H and O–H groups in total. The molecule has 6 nitrogen and oxygen atoms in total. The molecular weight excluding hydrogens is 270 g/mol. The van der Waals surface area contributed by atoms with Gasteiger partial charge in [-0.1, -0.05) is 6.92 Å². The fourth-order valence-electron chi connectivity index (χ4n) is 2.60. The van der Waals surface area contributed by atoms with Gasteiger partial charge in [0.25, 0.3) is 0 Å². The maximum atomic E-state index is 11.9. The Hall–Kier alpha value is -1.14. The molecule has 0 aromatic carbocycles. The van der Waals surface area contributed by atoms with Crippen molar-refractivity contribution in [2.45, 2.75) is 45.6 Å². The summed E-state index contributed by atoms with van der Waals surface area (Å²) in [6.45, 7) is 8.22. The van der Waals surface area contributed by atoms with Crippen LogP contribution in [0.4, 0.5) is 0 Å². The molecule has 0 aliphatic carbocycles. The molecule has 1 amide bonds. The first-order valence-corrected chi connectivity index (χ1v) is 8.04. The van der Waals surface area contributed by atoms with E-state index in [-0.39, 0.29) is 11.9 Å². The van der Waals surface area contributed by atoms with Crippen LogP contribution in [0.1, 0.15) is 39.5 Å². The maximum Gasteiger partial charge on any atom is 0.305 e. The van der Waals surface area contributed by atoms with Gasteiger partial charge in [0.05, 0.1) is 13.2 Å². The zero-order valence-corrected chi connectivity index (χ0v) is 13.3. The zero-order valence-electron chi connectivity index (χ0n) is 13.3. The van der Waals surface area contributed by atoms with Crippen LogP contribution in [0.25, 0.3) is 0 Å². The minimum Gasteiger partial charge on any atom is -0.466 e. The summed E-state index contributed by atoms with van der Waals surface area (Å²) >= 11 is 0. The van der Waals surface area contributed by atoms with Crippen LogP contribution in [0.5, 0.6) is 0 Å². The number of piperidine rings is 1. The van der Waals surface area contributed by atoms with Gasteiger partial charge < -0.3 is 15.4 Å². The van der Waals surface area contributed by atoms with E-state index >= 15 is 0 Å². The Morgan fingerprint density at radius 3 is 2.62 bits per heavy atom. The van der Waals surface area contributed by atoms with Gasteiger partial charge in [-0.05, 0) is 45.8 Å². The SMILES string of the molecule is CCOC(=O)CCCNC(=O)CN(CC)C1CCNCC1. The highest BCUT2D eigenvalue weighted by Crippen LogP contribution is 2.10. The van der Waals surface area contributed by atoms with Gasteiger partial charge in [-0.15, -0.1) is 0 Å². The Bertz CT molecular complexity index is 317. The van der Waals surface area contributed by atoms with Crippen LogP contribution in [0.2, 0.25) is 0 Å². The van der Waals surface area contributed by atoms with Gasteiger partial charge in [0.1, 0.15) is 0 Å². The van der Waals surface area contributed by atoms with Gasteiger partial charge in [-0.2, -0.15) is 0 Å². The summed E-state index contributed by atoms with van der Waals surface area (Å²) in [6.07, 6.45) is 3.19. The van der Waals surface area contributed by atoms with Crippen molar-refractivity contribution in [3.63, 3.8) is 0 Å². The largest absolute Gasteiger partial charge is 0.466 e. The van der Waals surface area contributed by atoms with E-state index in [4.69, 9.17) is 4.74 Å². The molecule has 21 heavy (non-hydrogen) atoms. The number of amides is 1. The second-order valence-corrected chi connectivity index (χ2v) is 5.30. The van der Waals surface area contributed by atoms with E-state index in [0.29, 0.717) is 38.6 Å². The average Bonchev–Trinajstić information content (AvgIpc) is 2.50. The zero-order chi connectivity index (χ0) is 15.5. The van der Waals surface area contributed by atoms with Crippen molar-refractivity contribution in [1.29, 1.82) is 0 Å². The highest BCUT2D eigenvalue weighted by molar-refractivity contribution is 5.78. The van der Waals surface area contributed by atoms with E-state index in [2.05, 4.69) is 22.5 Å². The van der Waals surface area contributed by atoms with E-state index in [0.717, 1.165) is 32.5 Å². The Morgan fingerprint density at radius 2 is 2.00 bits per heavy atom. The molecule has 0 aromatic heterocycles. The van der Waals surface area contributed by atoms with Crippen molar-refractivity contribution in [2.24, 2.45) is 0 Å². The van der Waals surface area contributed by atoms with Gasteiger partial charge in [0.15, 0.2) is 0 Å². The Kier molecular flexibility index (Phi) is 9.01. The van der Waals surface area contributed by atoms with Crippen molar-refractivity contribution < 1.29 is 14.3 Å². The van der Waals surface area contributed by atoms with Gasteiger partial charge in [0, 0.05) is 19.0 Å². The first-order valence-electron chi connectivity index (χ1n) is 8.04. The molecule has 0 aromatic rings. The van der Waals surface area contributed by atoms with Crippen LogP contribution >= 0.6 is 0 Å². The Balaban J connectivity index is 2.17. The number of esters is 1. The molecule has 1 aliphatic rings. The van der Waals surface area contributed by atoms with Gasteiger partial charge in [-0.3, -0.25) is 14.5 Å². The molecular formula is C15H29N3O3. The molecule has 0 unspecified atom stereocenters. The van der Waals surface area contributed by atoms with E-state index in [1.54, 1.807) is 6.92 Å². The number of likely N-dealkylation sites (N-methyl/N-ethyl adjacent to an activating group) is 1. The molecule has 0 spiro atoms. The van der Waals surface area contributed by atoms with E-state index in [9.17, 15) is 9.59 Å². The maximum absolute atomic E-state index is 11.9. The number of nitrogens with one attached hydrogen (secondary N) is 2. The number of rotatable bonds is 9. The van der Waals surface area contributed by atoms with Gasteiger partial charge in [-0.25, -0.2) is 0 Å². The van der Waals surface area contributed by atoms with Crippen LogP contribution in [0, 0.1) is 0 Å². The number of carbonyl (C=O) groups excluding carboxylic acids is 2. The quantitative estimate of drug-likeness (QED) is 0.480. The molecule has 0 bridgehead atoms.